The molecule has 1 aliphatic heterocycles. The summed E-state index contributed by atoms with van der Waals surface area (Å²) in [5.41, 5.74) is 3.89. The summed E-state index contributed by atoms with van der Waals surface area (Å²) in [6.07, 6.45) is 1.12. The Kier molecular flexibility index (Phi) is 5.06. The summed E-state index contributed by atoms with van der Waals surface area (Å²) in [6, 6.07) is 4.77. The van der Waals surface area contributed by atoms with Crippen LogP contribution in [0.15, 0.2) is 42.9 Å². The number of nitrogens with zero attached hydrogens (tertiary/aromatic N) is 3. The molecule has 0 aliphatic carbocycles. The lowest BCUT2D eigenvalue weighted by Crippen LogP contribution is -2.38. The van der Waals surface area contributed by atoms with Crippen molar-refractivity contribution in [3.63, 3.8) is 0 Å². The van der Waals surface area contributed by atoms with Gasteiger partial charge >= 0.3 is 12.4 Å². The lowest BCUT2D eigenvalue weighted by atomic mass is 10.0. The van der Waals surface area contributed by atoms with Crippen molar-refractivity contribution in [1.29, 1.82) is 0 Å². The van der Waals surface area contributed by atoms with Crippen LogP contribution in [0.2, 0.25) is 0 Å². The Balaban J connectivity index is 1.45. The third kappa shape index (κ3) is 4.22. The van der Waals surface area contributed by atoms with Crippen LogP contribution in [-0.4, -0.2) is 45.3 Å². The maximum Gasteiger partial charge on any atom is 0.573 e. The zero-order valence-corrected chi connectivity index (χ0v) is 16.0. The van der Waals surface area contributed by atoms with Crippen LogP contribution in [-0.2, 0) is 0 Å². The molecule has 2 N–H and O–H groups in total. The third-order valence-electron chi connectivity index (χ3n) is 4.79. The van der Waals surface area contributed by atoms with E-state index in [1.807, 2.05) is 19.2 Å². The highest BCUT2D eigenvalue weighted by atomic mass is 19.4. The van der Waals surface area contributed by atoms with Crippen LogP contribution in [0.3, 0.4) is 0 Å². The van der Waals surface area contributed by atoms with E-state index >= 15 is 0 Å². The summed E-state index contributed by atoms with van der Waals surface area (Å²) in [5, 5.41) is 3.57. The van der Waals surface area contributed by atoms with Crippen LogP contribution in [0.25, 0.3) is 16.6 Å². The molecule has 10 heteroatoms. The number of halogens is 3. The van der Waals surface area contributed by atoms with Crippen molar-refractivity contribution in [3.8, 4) is 5.75 Å². The van der Waals surface area contributed by atoms with Crippen LogP contribution in [0, 0.1) is 6.92 Å². The summed E-state index contributed by atoms with van der Waals surface area (Å²) in [7, 11) is 0. The van der Waals surface area contributed by atoms with Gasteiger partial charge in [0.25, 0.3) is 0 Å². The first kappa shape index (κ1) is 19.7. The zero-order valence-electron chi connectivity index (χ0n) is 16.0. The number of amides is 2. The van der Waals surface area contributed by atoms with Gasteiger partial charge in [-0.2, -0.15) is 0 Å². The monoisotopic (exact) mass is 417 g/mol. The molecule has 0 radical (unpaired) electrons. The average molecular weight is 417 g/mol. The average Bonchev–Trinajstić information content (AvgIpc) is 3.08. The minimum atomic E-state index is -4.79. The molecule has 3 heterocycles. The number of fused-ring (bicyclic) bond motifs is 1. The van der Waals surface area contributed by atoms with E-state index in [9.17, 15) is 18.0 Å². The SMILES string of the molecule is Cc1c[nH]c2ncnc(C3=CCN(C(=O)Nc4cccc(OC(F)(F)F)c4)CC3)c12. The molecule has 3 aromatic rings. The van der Waals surface area contributed by atoms with E-state index in [1.54, 1.807) is 4.90 Å². The first-order chi connectivity index (χ1) is 14.3. The Morgan fingerprint density at radius 3 is 2.87 bits per heavy atom. The smallest absolute Gasteiger partial charge is 0.406 e. The molecule has 2 aromatic heterocycles. The standard InChI is InChI=1S/C20H18F3N5O2/c1-12-10-24-18-16(12)17(25-11-26-18)13-5-7-28(8-6-13)19(29)27-14-3-2-4-15(9-14)30-20(21,22)23/h2-5,9-11H,6-8H2,1H3,(H,27,29)(H,24,25,26). The zero-order chi connectivity index (χ0) is 21.3. The largest absolute Gasteiger partial charge is 0.573 e. The first-order valence-corrected chi connectivity index (χ1v) is 9.20. The molecule has 2 amide bonds. The van der Waals surface area contributed by atoms with Gasteiger partial charge < -0.3 is 19.9 Å². The van der Waals surface area contributed by atoms with Gasteiger partial charge in [-0.1, -0.05) is 12.1 Å². The fourth-order valence-electron chi connectivity index (χ4n) is 3.40. The number of hydrogen-bond donors (Lipinski definition) is 2. The van der Waals surface area contributed by atoms with Gasteiger partial charge in [0.2, 0.25) is 0 Å². The number of alkyl halides is 3. The van der Waals surface area contributed by atoms with E-state index < -0.39 is 18.1 Å². The molecule has 0 bridgehead atoms. The highest BCUT2D eigenvalue weighted by Crippen LogP contribution is 2.29. The van der Waals surface area contributed by atoms with Crippen LogP contribution < -0.4 is 10.1 Å². The Hall–Kier alpha value is -3.56. The number of hydrogen-bond acceptors (Lipinski definition) is 4. The van der Waals surface area contributed by atoms with Gasteiger partial charge in [0.05, 0.1) is 5.69 Å². The quantitative estimate of drug-likeness (QED) is 0.658. The highest BCUT2D eigenvalue weighted by Gasteiger charge is 2.31. The fourth-order valence-corrected chi connectivity index (χ4v) is 3.40. The number of ether oxygens (including phenoxy) is 1. The first-order valence-electron chi connectivity index (χ1n) is 9.20. The maximum absolute atomic E-state index is 12.5. The van der Waals surface area contributed by atoms with E-state index in [1.165, 1.54) is 24.5 Å². The lowest BCUT2D eigenvalue weighted by molar-refractivity contribution is -0.274. The van der Waals surface area contributed by atoms with Crippen molar-refractivity contribution in [2.45, 2.75) is 19.7 Å². The van der Waals surface area contributed by atoms with E-state index in [4.69, 9.17) is 0 Å². The Morgan fingerprint density at radius 1 is 1.30 bits per heavy atom. The molecule has 1 aliphatic rings. The normalized spacial score (nSPS) is 14.5. The van der Waals surface area contributed by atoms with Crippen molar-refractivity contribution >= 4 is 28.3 Å². The number of rotatable bonds is 3. The molecule has 4 rings (SSSR count). The molecule has 0 spiro atoms. The summed E-state index contributed by atoms with van der Waals surface area (Å²) < 4.78 is 41.0. The summed E-state index contributed by atoms with van der Waals surface area (Å²) in [5.74, 6) is -0.393. The molecular weight excluding hydrogens is 399 g/mol. The lowest BCUT2D eigenvalue weighted by Gasteiger charge is -2.26. The minimum absolute atomic E-state index is 0.219. The molecule has 0 saturated heterocycles. The van der Waals surface area contributed by atoms with Crippen LogP contribution in [0.4, 0.5) is 23.7 Å². The topological polar surface area (TPSA) is 83.1 Å². The predicted molar refractivity (Wildman–Crippen MR) is 105 cm³/mol. The molecule has 0 fully saturated rings. The highest BCUT2D eigenvalue weighted by molar-refractivity contribution is 5.93. The number of urea groups is 1. The number of carbonyl (C=O) groups excluding carboxylic acids is 1. The van der Waals surface area contributed by atoms with Crippen molar-refractivity contribution in [3.05, 3.63) is 54.1 Å². The number of benzene rings is 1. The van der Waals surface area contributed by atoms with E-state index in [0.717, 1.165) is 33.9 Å². The molecule has 30 heavy (non-hydrogen) atoms. The Morgan fingerprint density at radius 2 is 2.13 bits per heavy atom. The van der Waals surface area contributed by atoms with Crippen LogP contribution in [0.5, 0.6) is 5.75 Å². The van der Waals surface area contributed by atoms with E-state index in [-0.39, 0.29) is 5.69 Å². The van der Waals surface area contributed by atoms with Crippen LogP contribution >= 0.6 is 0 Å². The van der Waals surface area contributed by atoms with Crippen molar-refractivity contribution in [1.82, 2.24) is 19.9 Å². The third-order valence-corrected chi connectivity index (χ3v) is 4.79. The Labute approximate surface area is 169 Å². The number of carbonyl (C=O) groups is 1. The second kappa shape index (κ2) is 7.69. The van der Waals surface area contributed by atoms with Gasteiger partial charge in [-0.05, 0) is 36.6 Å². The van der Waals surface area contributed by atoms with Crippen molar-refractivity contribution in [2.75, 3.05) is 18.4 Å². The molecule has 7 nitrogen and oxygen atoms in total. The Bertz CT molecular complexity index is 1120. The van der Waals surface area contributed by atoms with Gasteiger partial charge in [-0.15, -0.1) is 13.2 Å². The van der Waals surface area contributed by atoms with Crippen molar-refractivity contribution in [2.24, 2.45) is 0 Å². The molecule has 1 aromatic carbocycles. The molecule has 0 unspecified atom stereocenters. The fraction of sp³-hybridized carbons (Fsp3) is 0.250. The number of aromatic amines is 1. The summed E-state index contributed by atoms with van der Waals surface area (Å²) in [4.78, 5) is 25.8. The van der Waals surface area contributed by atoms with Gasteiger partial charge in [-0.25, -0.2) is 14.8 Å². The molecular formula is C20H18F3N5O2. The van der Waals surface area contributed by atoms with Gasteiger partial charge in [0.1, 0.15) is 17.7 Å². The van der Waals surface area contributed by atoms with Gasteiger partial charge in [-0.3, -0.25) is 0 Å². The second-order valence-corrected chi connectivity index (χ2v) is 6.85. The molecule has 0 atom stereocenters. The molecule has 156 valence electrons. The summed E-state index contributed by atoms with van der Waals surface area (Å²) >= 11 is 0. The number of nitrogens with one attached hydrogen (secondary N) is 2. The number of aryl methyl sites for hydroxylation is 1. The number of H-pyrrole nitrogens is 1. The van der Waals surface area contributed by atoms with Gasteiger partial charge in [0.15, 0.2) is 0 Å². The van der Waals surface area contributed by atoms with E-state index in [2.05, 4.69) is 25.0 Å². The number of anilines is 1. The minimum Gasteiger partial charge on any atom is -0.406 e. The van der Waals surface area contributed by atoms with Crippen molar-refractivity contribution < 1.29 is 22.7 Å². The molecule has 0 saturated carbocycles. The predicted octanol–water partition coefficient (Wildman–Crippen LogP) is 4.49. The number of aromatic nitrogens is 3. The van der Waals surface area contributed by atoms with E-state index in [0.29, 0.717) is 19.5 Å². The van der Waals surface area contributed by atoms with Gasteiger partial charge in [0, 0.05) is 36.4 Å². The second-order valence-electron chi connectivity index (χ2n) is 6.85. The summed E-state index contributed by atoms with van der Waals surface area (Å²) in [6.45, 7) is 2.78. The van der Waals surface area contributed by atoms with Crippen LogP contribution in [0.1, 0.15) is 17.7 Å². The maximum atomic E-state index is 12.5.